The molecule has 2 N–H and O–H groups in total. The summed E-state index contributed by atoms with van der Waals surface area (Å²) in [6, 6.07) is 4.47. The topological polar surface area (TPSA) is 84.5 Å². The number of hydrogen-bond donors (Lipinski definition) is 2. The number of nitrogens with one attached hydrogen (secondary N) is 2. The molecule has 0 aliphatic carbocycles. The molecule has 110 valence electrons. The van der Waals surface area contributed by atoms with E-state index in [4.69, 9.17) is 4.28 Å². The van der Waals surface area contributed by atoms with Gasteiger partial charge < -0.3 is 5.32 Å². The summed E-state index contributed by atoms with van der Waals surface area (Å²) in [5, 5.41) is 2.65. The maximum atomic E-state index is 12.0. The van der Waals surface area contributed by atoms with Crippen molar-refractivity contribution in [1.29, 1.82) is 0 Å². The van der Waals surface area contributed by atoms with Gasteiger partial charge in [0, 0.05) is 12.2 Å². The Labute approximate surface area is 118 Å². The molecule has 1 heterocycles. The first kappa shape index (κ1) is 15.0. The molecule has 0 spiro atoms. The first-order valence-electron chi connectivity index (χ1n) is 6.62. The molecular weight excluding hydrogens is 280 g/mol. The maximum Gasteiger partial charge on any atom is 0.312 e. The second-order valence-electron chi connectivity index (χ2n) is 4.68. The summed E-state index contributed by atoms with van der Waals surface area (Å²) in [5.41, 5.74) is 3.79. The van der Waals surface area contributed by atoms with E-state index in [1.165, 1.54) is 12.1 Å². The van der Waals surface area contributed by atoms with Gasteiger partial charge in [-0.1, -0.05) is 19.8 Å². The van der Waals surface area contributed by atoms with Crippen molar-refractivity contribution in [2.45, 2.75) is 37.5 Å². The van der Waals surface area contributed by atoms with Crippen LogP contribution in [0.4, 0.5) is 5.69 Å². The van der Waals surface area contributed by atoms with Crippen molar-refractivity contribution in [2.24, 2.45) is 0 Å². The predicted molar refractivity (Wildman–Crippen MR) is 74.6 cm³/mol. The van der Waals surface area contributed by atoms with E-state index in [-0.39, 0.29) is 17.2 Å². The molecule has 2 rings (SSSR count). The molecule has 0 bridgehead atoms. The highest BCUT2D eigenvalue weighted by molar-refractivity contribution is 7.86. The van der Waals surface area contributed by atoms with Crippen molar-refractivity contribution < 1.29 is 17.5 Å². The molecule has 1 aliphatic heterocycles. The van der Waals surface area contributed by atoms with Gasteiger partial charge in [-0.3, -0.25) is 4.79 Å². The van der Waals surface area contributed by atoms with Crippen LogP contribution < -0.4 is 10.8 Å². The van der Waals surface area contributed by atoms with Crippen LogP contribution in [0.5, 0.6) is 0 Å². The minimum atomic E-state index is -3.84. The van der Waals surface area contributed by atoms with Crippen molar-refractivity contribution in [1.82, 2.24) is 5.48 Å². The zero-order valence-corrected chi connectivity index (χ0v) is 12.1. The number of hydrogen-bond acceptors (Lipinski definition) is 5. The summed E-state index contributed by atoms with van der Waals surface area (Å²) in [7, 11) is -3.84. The van der Waals surface area contributed by atoms with Crippen LogP contribution in [0, 0.1) is 0 Å². The van der Waals surface area contributed by atoms with Crippen molar-refractivity contribution in [3.05, 3.63) is 23.8 Å². The third-order valence-electron chi connectivity index (χ3n) is 3.04. The van der Waals surface area contributed by atoms with Crippen LogP contribution in [-0.4, -0.2) is 20.9 Å². The van der Waals surface area contributed by atoms with Crippen LogP contribution in [-0.2, 0) is 25.6 Å². The summed E-state index contributed by atoms with van der Waals surface area (Å²) in [6.07, 6.45) is 3.13. The highest BCUT2D eigenvalue weighted by atomic mass is 32.2. The highest BCUT2D eigenvalue weighted by Gasteiger charge is 2.22. The average Bonchev–Trinajstić information content (AvgIpc) is 2.77. The molecule has 1 aliphatic rings. The number of unbranched alkanes of at least 4 members (excludes halogenated alkanes) is 2. The Bertz CT molecular complexity index is 598. The van der Waals surface area contributed by atoms with Crippen molar-refractivity contribution in [3.8, 4) is 0 Å². The number of carbonyl (C=O) groups excluding carboxylic acids is 1. The monoisotopic (exact) mass is 298 g/mol. The van der Waals surface area contributed by atoms with Gasteiger partial charge in [0.05, 0.1) is 11.3 Å². The highest BCUT2D eigenvalue weighted by Crippen LogP contribution is 2.26. The summed E-state index contributed by atoms with van der Waals surface area (Å²) in [5.74, 6) is -0.131. The number of fused-ring (bicyclic) bond motifs is 1. The second kappa shape index (κ2) is 6.34. The van der Waals surface area contributed by atoms with Crippen LogP contribution >= 0.6 is 0 Å². The van der Waals surface area contributed by atoms with Gasteiger partial charge in [-0.2, -0.15) is 18.2 Å². The molecule has 0 saturated heterocycles. The first-order chi connectivity index (χ1) is 9.53. The molecule has 1 amide bonds. The Morgan fingerprint density at radius 2 is 2.15 bits per heavy atom. The Hall–Kier alpha value is -1.44. The van der Waals surface area contributed by atoms with E-state index in [9.17, 15) is 13.2 Å². The lowest BCUT2D eigenvalue weighted by Gasteiger charge is -2.07. The van der Waals surface area contributed by atoms with E-state index in [1.807, 2.05) is 0 Å². The molecular formula is C13H18N2O4S. The Balaban J connectivity index is 2.00. The van der Waals surface area contributed by atoms with Crippen molar-refractivity contribution in [3.63, 3.8) is 0 Å². The second-order valence-corrected chi connectivity index (χ2v) is 6.23. The summed E-state index contributed by atoms with van der Waals surface area (Å²) >= 11 is 0. The Kier molecular flexibility index (Phi) is 4.74. The first-order valence-corrected chi connectivity index (χ1v) is 8.03. The van der Waals surface area contributed by atoms with Crippen LogP contribution in [0.25, 0.3) is 0 Å². The van der Waals surface area contributed by atoms with E-state index < -0.39 is 10.1 Å². The van der Waals surface area contributed by atoms with Gasteiger partial charge in [0.2, 0.25) is 5.91 Å². The fraction of sp³-hybridized carbons (Fsp3) is 0.462. The maximum absolute atomic E-state index is 12.0. The minimum Gasteiger partial charge on any atom is -0.326 e. The zero-order chi connectivity index (χ0) is 14.6. The van der Waals surface area contributed by atoms with Crippen LogP contribution in [0.2, 0.25) is 0 Å². The minimum absolute atomic E-state index is 0.0516. The number of hydroxylamine groups is 1. The van der Waals surface area contributed by atoms with Crippen LogP contribution in [0.3, 0.4) is 0 Å². The lowest BCUT2D eigenvalue weighted by molar-refractivity contribution is -0.115. The van der Waals surface area contributed by atoms with Gasteiger partial charge >= 0.3 is 10.1 Å². The van der Waals surface area contributed by atoms with Gasteiger partial charge in [0.15, 0.2) is 0 Å². The Morgan fingerprint density at radius 1 is 1.35 bits per heavy atom. The third kappa shape index (κ3) is 3.56. The number of amides is 1. The molecule has 0 aromatic heterocycles. The van der Waals surface area contributed by atoms with E-state index in [2.05, 4.69) is 17.7 Å². The SMILES string of the molecule is CCCCCNOS(=O)(=O)c1ccc2c(c1)CC(=O)N2. The molecule has 0 radical (unpaired) electrons. The normalized spacial score (nSPS) is 14.2. The molecule has 0 saturated carbocycles. The zero-order valence-electron chi connectivity index (χ0n) is 11.3. The lowest BCUT2D eigenvalue weighted by Crippen LogP contribution is -2.21. The van der Waals surface area contributed by atoms with Gasteiger partial charge in [-0.15, -0.1) is 0 Å². The van der Waals surface area contributed by atoms with Crippen molar-refractivity contribution >= 4 is 21.7 Å². The summed E-state index contributed by atoms with van der Waals surface area (Å²) in [4.78, 5) is 11.3. The number of rotatable bonds is 7. The van der Waals surface area contributed by atoms with E-state index in [1.54, 1.807) is 6.07 Å². The summed E-state index contributed by atoms with van der Waals surface area (Å²) < 4.78 is 28.7. The fourth-order valence-corrected chi connectivity index (χ4v) is 2.83. The fourth-order valence-electron chi connectivity index (χ4n) is 1.98. The molecule has 1 aromatic rings. The number of carbonyl (C=O) groups is 1. The largest absolute Gasteiger partial charge is 0.326 e. The standard InChI is InChI=1S/C13H18N2O4S/c1-2-3-4-7-14-19-20(17,18)11-5-6-12-10(8-11)9-13(16)15-12/h5-6,8,14H,2-4,7,9H2,1H3,(H,15,16). The smallest absolute Gasteiger partial charge is 0.312 e. The predicted octanol–water partition coefficient (Wildman–Crippen LogP) is 1.58. The Morgan fingerprint density at radius 3 is 2.90 bits per heavy atom. The van der Waals surface area contributed by atoms with E-state index >= 15 is 0 Å². The molecule has 6 nitrogen and oxygen atoms in total. The van der Waals surface area contributed by atoms with E-state index in [0.29, 0.717) is 17.8 Å². The molecule has 7 heteroatoms. The van der Waals surface area contributed by atoms with Crippen molar-refractivity contribution in [2.75, 3.05) is 11.9 Å². The number of benzene rings is 1. The summed E-state index contributed by atoms with van der Waals surface area (Å²) in [6.45, 7) is 2.55. The van der Waals surface area contributed by atoms with Crippen LogP contribution in [0.1, 0.15) is 31.7 Å². The third-order valence-corrected chi connectivity index (χ3v) is 4.21. The lowest BCUT2D eigenvalue weighted by atomic mass is 10.2. The molecule has 1 aromatic carbocycles. The molecule has 20 heavy (non-hydrogen) atoms. The van der Waals surface area contributed by atoms with Gasteiger partial charge in [-0.05, 0) is 30.2 Å². The van der Waals surface area contributed by atoms with Gasteiger partial charge in [-0.25, -0.2) is 0 Å². The molecule has 0 unspecified atom stereocenters. The average molecular weight is 298 g/mol. The van der Waals surface area contributed by atoms with Crippen LogP contribution in [0.15, 0.2) is 23.1 Å². The van der Waals surface area contributed by atoms with Gasteiger partial charge in [0.25, 0.3) is 0 Å². The molecule has 0 atom stereocenters. The van der Waals surface area contributed by atoms with E-state index in [0.717, 1.165) is 19.3 Å². The number of anilines is 1. The molecule has 0 fully saturated rings. The van der Waals surface area contributed by atoms with Gasteiger partial charge in [0.1, 0.15) is 0 Å². The quantitative estimate of drug-likeness (QED) is 0.590.